The third-order valence-electron chi connectivity index (χ3n) is 4.53. The van der Waals surface area contributed by atoms with Crippen molar-refractivity contribution in [1.82, 2.24) is 9.78 Å². The van der Waals surface area contributed by atoms with Crippen molar-refractivity contribution in [1.29, 1.82) is 0 Å². The highest BCUT2D eigenvalue weighted by molar-refractivity contribution is 5.38. The van der Waals surface area contributed by atoms with Crippen LogP contribution in [-0.2, 0) is 12.6 Å². The lowest BCUT2D eigenvalue weighted by molar-refractivity contribution is -0.146. The van der Waals surface area contributed by atoms with Crippen molar-refractivity contribution in [2.45, 2.75) is 56.9 Å². The number of aliphatic hydroxyl groups excluding tert-OH is 1. The normalized spacial score (nSPS) is 31.1. The summed E-state index contributed by atoms with van der Waals surface area (Å²) in [6.45, 7) is 1.98. The fourth-order valence-electron chi connectivity index (χ4n) is 3.22. The van der Waals surface area contributed by atoms with Gasteiger partial charge in [0.15, 0.2) is 5.69 Å². The molecule has 118 valence electrons. The summed E-state index contributed by atoms with van der Waals surface area (Å²) >= 11 is 0. The van der Waals surface area contributed by atoms with Crippen LogP contribution in [-0.4, -0.2) is 20.8 Å². The Kier molecular flexibility index (Phi) is 3.10. The van der Waals surface area contributed by atoms with Gasteiger partial charge in [0.25, 0.3) is 5.92 Å². The maximum absolute atomic E-state index is 13.6. The van der Waals surface area contributed by atoms with Gasteiger partial charge in [0.05, 0.1) is 18.2 Å². The van der Waals surface area contributed by atoms with E-state index >= 15 is 0 Å². The number of aliphatic hydroxyl groups is 1. The van der Waals surface area contributed by atoms with Crippen LogP contribution in [0.15, 0.2) is 0 Å². The molecule has 0 bridgehead atoms. The van der Waals surface area contributed by atoms with Gasteiger partial charge in [0.1, 0.15) is 6.10 Å². The average molecular weight is 310 g/mol. The van der Waals surface area contributed by atoms with Gasteiger partial charge in [-0.05, 0) is 18.8 Å². The quantitative estimate of drug-likeness (QED) is 0.849. The first kappa shape index (κ1) is 14.7. The van der Waals surface area contributed by atoms with Gasteiger partial charge < -0.3 is 5.11 Å². The van der Waals surface area contributed by atoms with Gasteiger partial charge in [-0.15, -0.1) is 0 Å². The molecule has 1 aromatic rings. The number of halogens is 5. The Hall–Kier alpha value is -1.18. The van der Waals surface area contributed by atoms with Crippen LogP contribution in [0, 0.1) is 5.92 Å². The molecule has 0 aliphatic heterocycles. The van der Waals surface area contributed by atoms with E-state index in [0.29, 0.717) is 18.8 Å². The van der Waals surface area contributed by atoms with Crippen molar-refractivity contribution >= 4 is 0 Å². The highest BCUT2D eigenvalue weighted by Crippen LogP contribution is 2.50. The lowest BCUT2D eigenvalue weighted by Crippen LogP contribution is -2.30. The molecule has 1 N–H and O–H groups in total. The van der Waals surface area contributed by atoms with Crippen LogP contribution < -0.4 is 0 Å². The zero-order valence-electron chi connectivity index (χ0n) is 11.3. The van der Waals surface area contributed by atoms with Crippen molar-refractivity contribution in [3.05, 3.63) is 17.0 Å². The van der Waals surface area contributed by atoms with Crippen molar-refractivity contribution < 1.29 is 27.1 Å². The lowest BCUT2D eigenvalue weighted by Gasteiger charge is -2.35. The molecular formula is C13H15F5N2O. The Balaban J connectivity index is 2.03. The van der Waals surface area contributed by atoms with Gasteiger partial charge in [-0.3, -0.25) is 4.68 Å². The molecule has 3 rings (SSSR count). The Morgan fingerprint density at radius 2 is 1.95 bits per heavy atom. The third kappa shape index (κ3) is 2.15. The lowest BCUT2D eigenvalue weighted by atomic mass is 9.78. The molecule has 0 spiro atoms. The largest absolute Gasteiger partial charge is 0.435 e. The van der Waals surface area contributed by atoms with E-state index in [-0.39, 0.29) is 11.7 Å². The van der Waals surface area contributed by atoms with E-state index in [1.807, 2.05) is 6.92 Å². The van der Waals surface area contributed by atoms with Gasteiger partial charge in [-0.25, -0.2) is 8.78 Å². The maximum atomic E-state index is 13.6. The minimum absolute atomic E-state index is 0.167. The molecule has 1 fully saturated rings. The fourth-order valence-corrected chi connectivity index (χ4v) is 3.22. The van der Waals surface area contributed by atoms with Gasteiger partial charge in [-0.2, -0.15) is 18.3 Å². The highest BCUT2D eigenvalue weighted by Gasteiger charge is 2.55. The first-order chi connectivity index (χ1) is 9.65. The van der Waals surface area contributed by atoms with Crippen molar-refractivity contribution in [3.63, 3.8) is 0 Å². The fraction of sp³-hybridized carbons (Fsp3) is 0.769. The molecule has 0 radical (unpaired) electrons. The Morgan fingerprint density at radius 3 is 2.48 bits per heavy atom. The van der Waals surface area contributed by atoms with Gasteiger partial charge in [-0.1, -0.05) is 13.3 Å². The summed E-state index contributed by atoms with van der Waals surface area (Å²) in [5.41, 5.74) is -2.28. The average Bonchev–Trinajstić information content (AvgIpc) is 2.75. The Bertz CT molecular complexity index is 560. The van der Waals surface area contributed by atoms with Gasteiger partial charge >= 0.3 is 6.18 Å². The number of hydrogen-bond donors (Lipinski definition) is 1. The molecule has 21 heavy (non-hydrogen) atoms. The molecule has 1 saturated carbocycles. The van der Waals surface area contributed by atoms with Crippen LogP contribution in [0.1, 0.15) is 55.3 Å². The molecule has 2 aliphatic rings. The first-order valence-electron chi connectivity index (χ1n) is 6.89. The zero-order chi connectivity index (χ0) is 15.6. The minimum Gasteiger partial charge on any atom is -0.382 e. The second kappa shape index (κ2) is 4.41. The third-order valence-corrected chi connectivity index (χ3v) is 4.53. The SMILES string of the molecule is CCC1CC(n2nc(C(F)(F)F)c3c2CC(F)(F)[C@H]3O)C1. The summed E-state index contributed by atoms with van der Waals surface area (Å²) < 4.78 is 67.2. The molecule has 3 nitrogen and oxygen atoms in total. The van der Waals surface area contributed by atoms with Crippen LogP contribution >= 0.6 is 0 Å². The van der Waals surface area contributed by atoms with E-state index in [0.717, 1.165) is 11.1 Å². The predicted octanol–water partition coefficient (Wildman–Crippen LogP) is 3.49. The Labute approximate surface area is 117 Å². The van der Waals surface area contributed by atoms with E-state index in [1.54, 1.807) is 0 Å². The van der Waals surface area contributed by atoms with Crippen molar-refractivity contribution in [3.8, 4) is 0 Å². The van der Waals surface area contributed by atoms with E-state index in [9.17, 15) is 27.1 Å². The number of rotatable bonds is 2. The smallest absolute Gasteiger partial charge is 0.382 e. The molecule has 0 amide bonds. The van der Waals surface area contributed by atoms with Crippen LogP contribution in [0.2, 0.25) is 0 Å². The van der Waals surface area contributed by atoms with E-state index in [1.165, 1.54) is 0 Å². The van der Waals surface area contributed by atoms with E-state index in [4.69, 9.17) is 0 Å². The monoisotopic (exact) mass is 310 g/mol. The second-order valence-electron chi connectivity index (χ2n) is 5.89. The van der Waals surface area contributed by atoms with Gasteiger partial charge in [0, 0.05) is 5.56 Å². The Morgan fingerprint density at radius 1 is 1.33 bits per heavy atom. The molecule has 0 unspecified atom stereocenters. The summed E-state index contributed by atoms with van der Waals surface area (Å²) in [6, 6.07) is -0.277. The number of nitrogens with zero attached hydrogens (tertiary/aromatic N) is 2. The summed E-state index contributed by atoms with van der Waals surface area (Å²) in [5, 5.41) is 13.0. The maximum Gasteiger partial charge on any atom is 0.435 e. The summed E-state index contributed by atoms with van der Waals surface area (Å²) in [7, 11) is 0. The van der Waals surface area contributed by atoms with E-state index < -0.39 is 35.9 Å². The van der Waals surface area contributed by atoms with Crippen molar-refractivity contribution in [2.75, 3.05) is 0 Å². The summed E-state index contributed by atoms with van der Waals surface area (Å²) in [6.07, 6.45) is -5.97. The van der Waals surface area contributed by atoms with Crippen molar-refractivity contribution in [2.24, 2.45) is 5.92 Å². The van der Waals surface area contributed by atoms with Gasteiger partial charge in [0.2, 0.25) is 0 Å². The molecule has 0 saturated heterocycles. The topological polar surface area (TPSA) is 38.0 Å². The van der Waals surface area contributed by atoms with Crippen LogP contribution in [0.3, 0.4) is 0 Å². The van der Waals surface area contributed by atoms with Crippen LogP contribution in [0.5, 0.6) is 0 Å². The molecule has 1 heterocycles. The van der Waals surface area contributed by atoms with E-state index in [2.05, 4.69) is 5.10 Å². The predicted molar refractivity (Wildman–Crippen MR) is 62.9 cm³/mol. The zero-order valence-corrected chi connectivity index (χ0v) is 11.3. The number of alkyl halides is 5. The second-order valence-corrected chi connectivity index (χ2v) is 5.89. The summed E-state index contributed by atoms with van der Waals surface area (Å²) in [4.78, 5) is 0. The summed E-state index contributed by atoms with van der Waals surface area (Å²) in [5.74, 6) is -3.17. The number of aromatic nitrogens is 2. The highest BCUT2D eigenvalue weighted by atomic mass is 19.4. The van der Waals surface area contributed by atoms with Crippen LogP contribution in [0.4, 0.5) is 22.0 Å². The molecule has 1 atom stereocenters. The molecule has 8 heteroatoms. The standard InChI is InChI=1S/C13H15F5N2O/c1-2-6-3-7(4-6)20-8-5-12(14,15)11(21)9(8)10(19-20)13(16,17)18/h6-7,11,21H,2-5H2,1H3/t6?,7?,11-/m0/s1. The van der Waals surface area contributed by atoms with Crippen LogP contribution in [0.25, 0.3) is 0 Å². The molecule has 2 aliphatic carbocycles. The minimum atomic E-state index is -4.84. The molecule has 0 aromatic carbocycles. The first-order valence-corrected chi connectivity index (χ1v) is 6.89. The number of fused-ring (bicyclic) bond motifs is 1. The molecular weight excluding hydrogens is 295 g/mol. The number of hydrogen-bond acceptors (Lipinski definition) is 2. The molecule has 1 aromatic heterocycles.